The third kappa shape index (κ3) is 3.95. The maximum Gasteiger partial charge on any atom is 0.270 e. The normalized spacial score (nSPS) is 23.7. The number of nitrogens with zero attached hydrogens (tertiary/aromatic N) is 2. The third-order valence-corrected chi connectivity index (χ3v) is 4.81. The van der Waals surface area contributed by atoms with Crippen LogP contribution in [0.4, 0.5) is 14.6 Å². The second-order valence-corrected chi connectivity index (χ2v) is 6.53. The van der Waals surface area contributed by atoms with Crippen LogP contribution in [0, 0.1) is 5.92 Å². The zero-order chi connectivity index (χ0) is 17.2. The van der Waals surface area contributed by atoms with Crippen molar-refractivity contribution in [2.75, 3.05) is 7.05 Å². The SMILES string of the molecule is CNC(CC=Nc1ccc(C(=O)NC2CC2(F)F)cn1)C1CCC1. The Bertz CT molecular complexity index is 614. The first-order valence-electron chi connectivity index (χ1n) is 8.34. The summed E-state index contributed by atoms with van der Waals surface area (Å²) in [6.07, 6.45) is 7.58. The molecule has 1 heterocycles. The van der Waals surface area contributed by atoms with Gasteiger partial charge in [-0.1, -0.05) is 6.42 Å². The minimum Gasteiger partial charge on any atom is -0.343 e. The number of aliphatic imine (C=N–C) groups is 1. The molecular formula is C17H22F2N4O. The van der Waals surface area contributed by atoms with Gasteiger partial charge in [-0.2, -0.15) is 0 Å². The highest BCUT2D eigenvalue weighted by Gasteiger charge is 2.57. The van der Waals surface area contributed by atoms with E-state index in [2.05, 4.69) is 20.6 Å². The van der Waals surface area contributed by atoms with E-state index in [4.69, 9.17) is 0 Å². The van der Waals surface area contributed by atoms with Crippen molar-refractivity contribution in [1.82, 2.24) is 15.6 Å². The number of rotatable bonds is 7. The Morgan fingerprint density at radius 1 is 1.50 bits per heavy atom. The van der Waals surface area contributed by atoms with Gasteiger partial charge in [0, 0.05) is 24.9 Å². The quantitative estimate of drug-likeness (QED) is 0.753. The van der Waals surface area contributed by atoms with E-state index in [9.17, 15) is 13.6 Å². The zero-order valence-electron chi connectivity index (χ0n) is 13.6. The standard InChI is InChI=1S/C17H22F2N4O/c1-20-13(11-3-2-4-11)7-8-21-15-6-5-12(10-22-15)16(24)23-14-9-17(14,18)19/h5-6,8,10-11,13-14,20H,2-4,7,9H2,1H3,(H,23,24). The molecule has 1 amide bonds. The maximum absolute atomic E-state index is 12.8. The summed E-state index contributed by atoms with van der Waals surface area (Å²) >= 11 is 0. The highest BCUT2D eigenvalue weighted by Crippen LogP contribution is 2.41. The predicted molar refractivity (Wildman–Crippen MR) is 88.0 cm³/mol. The molecule has 7 heteroatoms. The van der Waals surface area contributed by atoms with Gasteiger partial charge in [-0.05, 0) is 44.4 Å². The summed E-state index contributed by atoms with van der Waals surface area (Å²) in [6, 6.07) is 2.56. The zero-order valence-corrected chi connectivity index (χ0v) is 13.6. The van der Waals surface area contributed by atoms with Gasteiger partial charge in [-0.25, -0.2) is 18.8 Å². The molecule has 0 radical (unpaired) electrons. The number of carbonyl (C=O) groups is 1. The van der Waals surface area contributed by atoms with Gasteiger partial charge in [-0.15, -0.1) is 0 Å². The van der Waals surface area contributed by atoms with Crippen LogP contribution >= 0.6 is 0 Å². The van der Waals surface area contributed by atoms with Crippen LogP contribution in [-0.2, 0) is 0 Å². The van der Waals surface area contributed by atoms with Gasteiger partial charge in [0.1, 0.15) is 0 Å². The highest BCUT2D eigenvalue weighted by atomic mass is 19.3. The van der Waals surface area contributed by atoms with Crippen molar-refractivity contribution in [1.29, 1.82) is 0 Å². The Kier molecular flexibility index (Phi) is 4.89. The molecule has 0 aliphatic heterocycles. The topological polar surface area (TPSA) is 66.4 Å². The highest BCUT2D eigenvalue weighted by molar-refractivity contribution is 5.94. The first kappa shape index (κ1) is 17.0. The molecule has 3 rings (SSSR count). The Morgan fingerprint density at radius 3 is 2.75 bits per heavy atom. The van der Waals surface area contributed by atoms with Gasteiger partial charge >= 0.3 is 0 Å². The fraction of sp³-hybridized carbons (Fsp3) is 0.588. The van der Waals surface area contributed by atoms with Crippen LogP contribution < -0.4 is 10.6 Å². The molecular weight excluding hydrogens is 314 g/mol. The minimum atomic E-state index is -2.77. The molecule has 24 heavy (non-hydrogen) atoms. The van der Waals surface area contributed by atoms with E-state index in [0.717, 1.165) is 12.3 Å². The molecule has 0 aromatic carbocycles. The number of alkyl halides is 2. The second-order valence-electron chi connectivity index (χ2n) is 6.53. The number of nitrogens with one attached hydrogen (secondary N) is 2. The summed E-state index contributed by atoms with van der Waals surface area (Å²) in [5, 5.41) is 5.61. The number of hydrogen-bond acceptors (Lipinski definition) is 4. The van der Waals surface area contributed by atoms with Crippen LogP contribution in [0.1, 0.15) is 42.5 Å². The number of aromatic nitrogens is 1. The minimum absolute atomic E-state index is 0.263. The number of hydrogen-bond donors (Lipinski definition) is 2. The lowest BCUT2D eigenvalue weighted by molar-refractivity contribution is 0.0849. The van der Waals surface area contributed by atoms with Crippen LogP contribution in [-0.4, -0.2) is 42.2 Å². The van der Waals surface area contributed by atoms with Crippen molar-refractivity contribution >= 4 is 17.9 Å². The van der Waals surface area contributed by atoms with Crippen molar-refractivity contribution in [2.24, 2.45) is 10.9 Å². The van der Waals surface area contributed by atoms with E-state index in [-0.39, 0.29) is 12.0 Å². The fourth-order valence-corrected chi connectivity index (χ4v) is 2.86. The van der Waals surface area contributed by atoms with E-state index in [1.807, 2.05) is 13.3 Å². The molecule has 2 fully saturated rings. The largest absolute Gasteiger partial charge is 0.343 e. The molecule has 2 saturated carbocycles. The van der Waals surface area contributed by atoms with Crippen LogP contribution in [0.3, 0.4) is 0 Å². The summed E-state index contributed by atoms with van der Waals surface area (Å²) in [5.41, 5.74) is 0.263. The molecule has 2 aliphatic rings. The molecule has 5 nitrogen and oxygen atoms in total. The average molecular weight is 336 g/mol. The van der Waals surface area contributed by atoms with Gasteiger partial charge in [0.05, 0.1) is 11.6 Å². The van der Waals surface area contributed by atoms with Crippen LogP contribution in [0.2, 0.25) is 0 Å². The van der Waals surface area contributed by atoms with Crippen molar-refractivity contribution in [3.05, 3.63) is 23.9 Å². The Morgan fingerprint density at radius 2 is 2.25 bits per heavy atom. The van der Waals surface area contributed by atoms with Crippen molar-refractivity contribution in [2.45, 2.75) is 50.1 Å². The Hall–Kier alpha value is -1.89. The first-order valence-corrected chi connectivity index (χ1v) is 8.34. The molecule has 0 spiro atoms. The second kappa shape index (κ2) is 6.93. The molecule has 2 N–H and O–H groups in total. The van der Waals surface area contributed by atoms with Crippen LogP contribution in [0.5, 0.6) is 0 Å². The first-order chi connectivity index (χ1) is 11.5. The van der Waals surface area contributed by atoms with Gasteiger partial charge in [-0.3, -0.25) is 4.79 Å². The van der Waals surface area contributed by atoms with Crippen LogP contribution in [0.25, 0.3) is 0 Å². The summed E-state index contributed by atoms with van der Waals surface area (Å²) < 4.78 is 25.6. The lowest BCUT2D eigenvalue weighted by Gasteiger charge is -2.32. The van der Waals surface area contributed by atoms with Crippen molar-refractivity contribution < 1.29 is 13.6 Å². The summed E-state index contributed by atoms with van der Waals surface area (Å²) in [7, 11) is 1.96. The molecule has 2 atom stereocenters. The van der Waals surface area contributed by atoms with E-state index < -0.39 is 17.9 Å². The summed E-state index contributed by atoms with van der Waals surface area (Å²) in [4.78, 5) is 20.2. The maximum atomic E-state index is 12.8. The fourth-order valence-electron chi connectivity index (χ4n) is 2.86. The molecule has 1 aromatic rings. The lowest BCUT2D eigenvalue weighted by Crippen LogP contribution is -2.37. The number of carbonyl (C=O) groups excluding carboxylic acids is 1. The lowest BCUT2D eigenvalue weighted by atomic mass is 9.79. The van der Waals surface area contributed by atoms with E-state index >= 15 is 0 Å². The Labute approximate surface area is 140 Å². The number of pyridine rings is 1. The van der Waals surface area contributed by atoms with Gasteiger partial charge < -0.3 is 10.6 Å². The molecule has 130 valence electrons. The smallest absolute Gasteiger partial charge is 0.270 e. The number of halogens is 2. The van der Waals surface area contributed by atoms with E-state index in [1.54, 1.807) is 12.1 Å². The van der Waals surface area contributed by atoms with E-state index in [1.165, 1.54) is 25.5 Å². The number of amides is 1. The monoisotopic (exact) mass is 336 g/mol. The van der Waals surface area contributed by atoms with Gasteiger partial charge in [0.25, 0.3) is 11.8 Å². The third-order valence-electron chi connectivity index (χ3n) is 4.81. The molecule has 0 saturated heterocycles. The predicted octanol–water partition coefficient (Wildman–Crippen LogP) is 2.70. The van der Waals surface area contributed by atoms with Gasteiger partial charge in [0.2, 0.25) is 0 Å². The molecule has 2 aliphatic carbocycles. The molecule has 1 aromatic heterocycles. The summed E-state index contributed by atoms with van der Waals surface area (Å²) in [5.74, 6) is -2.06. The van der Waals surface area contributed by atoms with Crippen molar-refractivity contribution in [3.63, 3.8) is 0 Å². The summed E-state index contributed by atoms with van der Waals surface area (Å²) in [6.45, 7) is 0. The van der Waals surface area contributed by atoms with Crippen LogP contribution in [0.15, 0.2) is 23.3 Å². The Balaban J connectivity index is 1.50. The van der Waals surface area contributed by atoms with Gasteiger partial charge in [0.15, 0.2) is 5.82 Å². The average Bonchev–Trinajstić information content (AvgIpc) is 3.11. The van der Waals surface area contributed by atoms with Crippen molar-refractivity contribution in [3.8, 4) is 0 Å². The molecule has 2 unspecified atom stereocenters. The van der Waals surface area contributed by atoms with E-state index in [0.29, 0.717) is 11.9 Å². The molecule has 0 bridgehead atoms.